The Morgan fingerprint density at radius 2 is 2.50 bits per heavy atom. The van der Waals surface area contributed by atoms with Crippen molar-refractivity contribution in [1.29, 1.82) is 0 Å². The van der Waals surface area contributed by atoms with E-state index in [1.165, 1.54) is 6.20 Å². The van der Waals surface area contributed by atoms with Gasteiger partial charge in [-0.25, -0.2) is 14.8 Å². The molecular weight excluding hydrogens is 252 g/mol. The van der Waals surface area contributed by atoms with E-state index in [2.05, 4.69) is 9.97 Å². The maximum absolute atomic E-state index is 10.8. The van der Waals surface area contributed by atoms with E-state index in [1.807, 2.05) is 0 Å². The fourth-order valence-electron chi connectivity index (χ4n) is 1.32. The van der Waals surface area contributed by atoms with Crippen LogP contribution in [-0.4, -0.2) is 39.2 Å². The van der Waals surface area contributed by atoms with Gasteiger partial charge in [-0.05, 0) is 0 Å². The van der Waals surface area contributed by atoms with Crippen molar-refractivity contribution in [2.45, 2.75) is 6.10 Å². The molecule has 1 N–H and O–H groups in total. The third-order valence-electron chi connectivity index (χ3n) is 2.07. The number of thioether (sulfide) groups is 1. The Morgan fingerprint density at radius 3 is 3.12 bits per heavy atom. The molecule has 2 heterocycles. The third kappa shape index (κ3) is 2.45. The first kappa shape index (κ1) is 11.6. The predicted molar refractivity (Wildman–Crippen MR) is 60.0 cm³/mol. The van der Waals surface area contributed by atoms with Crippen molar-refractivity contribution in [2.24, 2.45) is 0 Å². The Labute approximate surface area is 101 Å². The molecule has 5 nitrogen and oxygen atoms in total. The van der Waals surface area contributed by atoms with Crippen molar-refractivity contribution in [3.8, 4) is 0 Å². The van der Waals surface area contributed by atoms with Gasteiger partial charge < -0.3 is 9.84 Å². The molecular formula is C9H9ClN2O3S. The largest absolute Gasteiger partial charge is 0.476 e. The van der Waals surface area contributed by atoms with E-state index in [1.54, 1.807) is 11.8 Å². The average Bonchev–Trinajstić information content (AvgIpc) is 2.30. The molecule has 0 spiro atoms. The third-order valence-corrected chi connectivity index (χ3v) is 3.34. The number of carboxylic acid groups (broad SMARTS) is 1. The van der Waals surface area contributed by atoms with Crippen LogP contribution in [0.2, 0.25) is 5.02 Å². The number of aromatic nitrogens is 2. The number of carboxylic acids is 1. The van der Waals surface area contributed by atoms with E-state index >= 15 is 0 Å². The topological polar surface area (TPSA) is 72.3 Å². The van der Waals surface area contributed by atoms with E-state index in [-0.39, 0.29) is 16.8 Å². The van der Waals surface area contributed by atoms with Crippen LogP contribution in [0.15, 0.2) is 6.20 Å². The molecule has 0 aliphatic carbocycles. The van der Waals surface area contributed by atoms with E-state index in [0.717, 1.165) is 11.5 Å². The average molecular weight is 261 g/mol. The zero-order valence-corrected chi connectivity index (χ0v) is 9.79. The molecule has 1 aromatic heterocycles. The molecule has 1 atom stereocenters. The van der Waals surface area contributed by atoms with Crippen LogP contribution in [0.4, 0.5) is 0 Å². The monoisotopic (exact) mass is 260 g/mol. The lowest BCUT2D eigenvalue weighted by atomic mass is 10.3. The zero-order chi connectivity index (χ0) is 11.5. The molecule has 2 rings (SSSR count). The highest BCUT2D eigenvalue weighted by Gasteiger charge is 2.22. The number of rotatable bonds is 2. The van der Waals surface area contributed by atoms with Crippen LogP contribution in [0.1, 0.15) is 22.4 Å². The molecule has 1 unspecified atom stereocenters. The summed E-state index contributed by atoms with van der Waals surface area (Å²) in [6.07, 6.45) is 1.06. The van der Waals surface area contributed by atoms with Gasteiger partial charge in [-0.1, -0.05) is 11.6 Å². The highest BCUT2D eigenvalue weighted by molar-refractivity contribution is 7.99. The van der Waals surface area contributed by atoms with Crippen LogP contribution >= 0.6 is 23.4 Å². The predicted octanol–water partition coefficient (Wildman–Crippen LogP) is 1.63. The maximum Gasteiger partial charge on any atom is 0.356 e. The molecule has 0 aromatic carbocycles. The molecule has 86 valence electrons. The molecule has 1 aliphatic heterocycles. The normalized spacial score (nSPS) is 20.7. The fourth-order valence-corrected chi connectivity index (χ4v) is 2.33. The van der Waals surface area contributed by atoms with Gasteiger partial charge in [0.15, 0.2) is 11.5 Å². The Balaban J connectivity index is 2.27. The second kappa shape index (κ2) is 4.99. The standard InChI is InChI=1S/C9H9ClN2O3S/c10-5-3-11-8(12-7(5)9(13)14)6-4-16-2-1-15-6/h3,6H,1-2,4H2,(H,13,14). The summed E-state index contributed by atoms with van der Waals surface area (Å²) in [5, 5.41) is 8.91. The molecule has 1 aliphatic rings. The summed E-state index contributed by atoms with van der Waals surface area (Å²) in [6, 6.07) is 0. The maximum atomic E-state index is 10.8. The van der Waals surface area contributed by atoms with Gasteiger partial charge in [0.1, 0.15) is 6.10 Å². The number of carbonyl (C=O) groups is 1. The summed E-state index contributed by atoms with van der Waals surface area (Å²) in [5.41, 5.74) is -0.175. The van der Waals surface area contributed by atoms with Gasteiger partial charge >= 0.3 is 5.97 Å². The van der Waals surface area contributed by atoms with Crippen molar-refractivity contribution in [1.82, 2.24) is 9.97 Å². The van der Waals surface area contributed by atoms with Gasteiger partial charge in [0.2, 0.25) is 0 Å². The summed E-state index contributed by atoms with van der Waals surface area (Å²) in [4.78, 5) is 18.8. The van der Waals surface area contributed by atoms with Crippen LogP contribution in [0, 0.1) is 0 Å². The quantitative estimate of drug-likeness (QED) is 0.871. The Bertz CT molecular complexity index is 410. The number of hydrogen-bond acceptors (Lipinski definition) is 5. The minimum absolute atomic E-state index is 0.0414. The van der Waals surface area contributed by atoms with Crippen molar-refractivity contribution >= 4 is 29.3 Å². The molecule has 16 heavy (non-hydrogen) atoms. The second-order valence-corrected chi connectivity index (χ2v) is 4.72. The Hall–Kier alpha value is -0.850. The Kier molecular flexibility index (Phi) is 3.63. The minimum Gasteiger partial charge on any atom is -0.476 e. The van der Waals surface area contributed by atoms with Crippen molar-refractivity contribution in [3.05, 3.63) is 22.7 Å². The zero-order valence-electron chi connectivity index (χ0n) is 8.22. The second-order valence-electron chi connectivity index (χ2n) is 3.16. The van der Waals surface area contributed by atoms with Gasteiger partial charge in [0, 0.05) is 11.5 Å². The van der Waals surface area contributed by atoms with E-state index < -0.39 is 5.97 Å². The molecule has 1 saturated heterocycles. The van der Waals surface area contributed by atoms with Gasteiger partial charge in [0.05, 0.1) is 17.8 Å². The molecule has 7 heteroatoms. The van der Waals surface area contributed by atoms with Crippen LogP contribution in [-0.2, 0) is 4.74 Å². The first-order chi connectivity index (χ1) is 7.68. The lowest BCUT2D eigenvalue weighted by Gasteiger charge is -2.20. The number of halogens is 1. The highest BCUT2D eigenvalue weighted by Crippen LogP contribution is 2.25. The molecule has 1 aromatic rings. The smallest absolute Gasteiger partial charge is 0.356 e. The summed E-state index contributed by atoms with van der Waals surface area (Å²) >= 11 is 7.41. The lowest BCUT2D eigenvalue weighted by molar-refractivity contribution is 0.0658. The molecule has 1 fully saturated rings. The van der Waals surface area contributed by atoms with Crippen molar-refractivity contribution in [3.63, 3.8) is 0 Å². The molecule has 0 radical (unpaired) electrons. The van der Waals surface area contributed by atoms with Gasteiger partial charge in [-0.3, -0.25) is 0 Å². The van der Waals surface area contributed by atoms with Gasteiger partial charge in [-0.2, -0.15) is 11.8 Å². The van der Waals surface area contributed by atoms with Crippen molar-refractivity contribution in [2.75, 3.05) is 18.1 Å². The van der Waals surface area contributed by atoms with Gasteiger partial charge in [-0.15, -0.1) is 0 Å². The van der Waals surface area contributed by atoms with E-state index in [9.17, 15) is 4.79 Å². The number of aromatic carboxylic acids is 1. The fraction of sp³-hybridized carbons (Fsp3) is 0.444. The minimum atomic E-state index is -1.16. The summed E-state index contributed by atoms with van der Waals surface area (Å²) < 4.78 is 5.46. The summed E-state index contributed by atoms with van der Waals surface area (Å²) in [7, 11) is 0. The number of nitrogens with zero attached hydrogens (tertiary/aromatic N) is 2. The Morgan fingerprint density at radius 1 is 1.69 bits per heavy atom. The first-order valence-electron chi connectivity index (χ1n) is 4.63. The van der Waals surface area contributed by atoms with Gasteiger partial charge in [0.25, 0.3) is 0 Å². The molecule has 0 bridgehead atoms. The van der Waals surface area contributed by atoms with Crippen molar-refractivity contribution < 1.29 is 14.6 Å². The van der Waals surface area contributed by atoms with E-state index in [4.69, 9.17) is 21.4 Å². The number of ether oxygens (including phenoxy) is 1. The SMILES string of the molecule is O=C(O)c1nc(C2CSCCO2)ncc1Cl. The lowest BCUT2D eigenvalue weighted by Crippen LogP contribution is -2.19. The molecule has 0 amide bonds. The summed E-state index contributed by atoms with van der Waals surface area (Å²) in [6.45, 7) is 0.629. The summed E-state index contributed by atoms with van der Waals surface area (Å²) in [5.74, 6) is 0.905. The molecule has 0 saturated carbocycles. The van der Waals surface area contributed by atoms with Crippen LogP contribution in [0.25, 0.3) is 0 Å². The highest BCUT2D eigenvalue weighted by atomic mass is 35.5. The number of hydrogen-bond donors (Lipinski definition) is 1. The van der Waals surface area contributed by atoms with Crippen LogP contribution in [0.3, 0.4) is 0 Å². The van der Waals surface area contributed by atoms with Crippen LogP contribution < -0.4 is 0 Å². The van der Waals surface area contributed by atoms with E-state index in [0.29, 0.717) is 12.4 Å². The first-order valence-corrected chi connectivity index (χ1v) is 6.17. The van der Waals surface area contributed by atoms with Crippen LogP contribution in [0.5, 0.6) is 0 Å².